The van der Waals surface area contributed by atoms with Crippen molar-refractivity contribution in [2.75, 3.05) is 5.75 Å². The van der Waals surface area contributed by atoms with Crippen molar-refractivity contribution in [3.63, 3.8) is 0 Å². The van der Waals surface area contributed by atoms with Crippen molar-refractivity contribution in [1.29, 1.82) is 0 Å². The summed E-state index contributed by atoms with van der Waals surface area (Å²) in [5, 5.41) is 9.35. The van der Waals surface area contributed by atoms with Crippen LogP contribution in [0.15, 0.2) is 23.1 Å². The van der Waals surface area contributed by atoms with Gasteiger partial charge in [-0.15, -0.1) is 11.8 Å². The molecule has 1 aromatic carbocycles. The summed E-state index contributed by atoms with van der Waals surface area (Å²) in [4.78, 5) is 1.36. The lowest BCUT2D eigenvalue weighted by molar-refractivity contribution is 0.199. The number of rotatable bonds is 1. The van der Waals surface area contributed by atoms with E-state index in [0.717, 1.165) is 5.56 Å². The average Bonchev–Trinajstić information content (AvgIpc) is 2.49. The van der Waals surface area contributed by atoms with E-state index in [1.165, 1.54) is 22.6 Å². The standard InChI is InChI=1S/C10H12OS/c1-7(11)9-3-2-8-4-5-12-10(8)6-9/h2-3,6-7,11H,4-5H2,1H3. The molecule has 2 rings (SSSR count). The maximum atomic E-state index is 9.35. The lowest BCUT2D eigenvalue weighted by Crippen LogP contribution is -1.91. The second kappa shape index (κ2) is 3.11. The van der Waals surface area contributed by atoms with Crippen molar-refractivity contribution in [2.24, 2.45) is 0 Å². The zero-order valence-electron chi connectivity index (χ0n) is 7.08. The fourth-order valence-corrected chi connectivity index (χ4v) is 2.56. The van der Waals surface area contributed by atoms with Crippen LogP contribution in [0, 0.1) is 0 Å². The van der Waals surface area contributed by atoms with Gasteiger partial charge in [0.25, 0.3) is 0 Å². The van der Waals surface area contributed by atoms with Gasteiger partial charge in [0.15, 0.2) is 0 Å². The van der Waals surface area contributed by atoms with Gasteiger partial charge in [-0.25, -0.2) is 0 Å². The summed E-state index contributed by atoms with van der Waals surface area (Å²) in [6, 6.07) is 6.27. The molecule has 1 atom stereocenters. The van der Waals surface area contributed by atoms with Gasteiger partial charge in [-0.05, 0) is 30.5 Å². The summed E-state index contributed by atoms with van der Waals surface area (Å²) in [5.41, 5.74) is 2.47. The molecule has 1 aliphatic rings. The smallest absolute Gasteiger partial charge is 0.0762 e. The molecule has 1 unspecified atom stereocenters. The Balaban J connectivity index is 2.39. The number of aryl methyl sites for hydroxylation is 1. The second-order valence-corrected chi connectivity index (χ2v) is 4.28. The van der Waals surface area contributed by atoms with Crippen LogP contribution in [0.5, 0.6) is 0 Å². The van der Waals surface area contributed by atoms with Crippen LogP contribution in [0.25, 0.3) is 0 Å². The van der Waals surface area contributed by atoms with E-state index < -0.39 is 0 Å². The van der Waals surface area contributed by atoms with Crippen molar-refractivity contribution < 1.29 is 5.11 Å². The summed E-state index contributed by atoms with van der Waals surface area (Å²) >= 11 is 1.89. The molecule has 0 saturated heterocycles. The van der Waals surface area contributed by atoms with Crippen LogP contribution in [0.4, 0.5) is 0 Å². The van der Waals surface area contributed by atoms with Crippen LogP contribution in [-0.2, 0) is 6.42 Å². The first kappa shape index (κ1) is 8.14. The number of hydrogen-bond acceptors (Lipinski definition) is 2. The van der Waals surface area contributed by atoms with Crippen molar-refractivity contribution in [3.8, 4) is 0 Å². The van der Waals surface area contributed by atoms with E-state index in [1.807, 2.05) is 17.8 Å². The molecule has 64 valence electrons. The van der Waals surface area contributed by atoms with Gasteiger partial charge in [-0.2, -0.15) is 0 Å². The molecular weight excluding hydrogens is 168 g/mol. The fourth-order valence-electron chi connectivity index (χ4n) is 1.44. The molecule has 0 aromatic heterocycles. The molecule has 1 aromatic rings. The van der Waals surface area contributed by atoms with Crippen molar-refractivity contribution in [2.45, 2.75) is 24.3 Å². The third-order valence-electron chi connectivity index (χ3n) is 2.20. The third-order valence-corrected chi connectivity index (χ3v) is 3.30. The van der Waals surface area contributed by atoms with Gasteiger partial charge in [0, 0.05) is 10.6 Å². The highest BCUT2D eigenvalue weighted by Gasteiger charge is 2.12. The summed E-state index contributed by atoms with van der Waals surface area (Å²) in [6.45, 7) is 1.81. The number of aliphatic hydroxyl groups excluding tert-OH is 1. The topological polar surface area (TPSA) is 20.2 Å². The maximum Gasteiger partial charge on any atom is 0.0762 e. The largest absolute Gasteiger partial charge is 0.389 e. The highest BCUT2D eigenvalue weighted by molar-refractivity contribution is 7.99. The predicted molar refractivity (Wildman–Crippen MR) is 51.5 cm³/mol. The van der Waals surface area contributed by atoms with Crippen molar-refractivity contribution in [1.82, 2.24) is 0 Å². The Morgan fingerprint density at radius 1 is 1.50 bits per heavy atom. The third kappa shape index (κ3) is 1.37. The normalized spacial score (nSPS) is 17.5. The zero-order valence-corrected chi connectivity index (χ0v) is 7.90. The molecule has 0 spiro atoms. The van der Waals surface area contributed by atoms with Crippen LogP contribution in [-0.4, -0.2) is 10.9 Å². The van der Waals surface area contributed by atoms with E-state index in [9.17, 15) is 5.11 Å². The number of hydrogen-bond donors (Lipinski definition) is 1. The lowest BCUT2D eigenvalue weighted by atomic mass is 10.1. The minimum absolute atomic E-state index is 0.337. The van der Waals surface area contributed by atoms with E-state index in [-0.39, 0.29) is 6.10 Å². The molecule has 0 saturated carbocycles. The van der Waals surface area contributed by atoms with Gasteiger partial charge in [0.05, 0.1) is 6.10 Å². The highest BCUT2D eigenvalue weighted by atomic mass is 32.2. The quantitative estimate of drug-likeness (QED) is 0.716. The van der Waals surface area contributed by atoms with Gasteiger partial charge >= 0.3 is 0 Å². The van der Waals surface area contributed by atoms with E-state index in [1.54, 1.807) is 6.92 Å². The summed E-state index contributed by atoms with van der Waals surface area (Å²) in [5.74, 6) is 1.19. The second-order valence-electron chi connectivity index (χ2n) is 3.14. The molecule has 1 aliphatic heterocycles. The molecule has 1 N–H and O–H groups in total. The molecule has 12 heavy (non-hydrogen) atoms. The number of thioether (sulfide) groups is 1. The average molecular weight is 180 g/mol. The molecule has 0 fully saturated rings. The number of fused-ring (bicyclic) bond motifs is 1. The van der Waals surface area contributed by atoms with E-state index >= 15 is 0 Å². The Bertz CT molecular complexity index is 294. The molecule has 0 bridgehead atoms. The Morgan fingerprint density at radius 3 is 3.08 bits per heavy atom. The predicted octanol–water partition coefficient (Wildman–Crippen LogP) is 2.39. The maximum absolute atomic E-state index is 9.35. The number of benzene rings is 1. The fraction of sp³-hybridized carbons (Fsp3) is 0.400. The SMILES string of the molecule is CC(O)c1ccc2c(c1)SCC2. The summed E-state index contributed by atoms with van der Waals surface area (Å²) in [6.07, 6.45) is 0.844. The van der Waals surface area contributed by atoms with Gasteiger partial charge in [0.2, 0.25) is 0 Å². The first-order valence-electron chi connectivity index (χ1n) is 4.21. The lowest BCUT2D eigenvalue weighted by Gasteiger charge is -2.06. The van der Waals surface area contributed by atoms with Crippen molar-refractivity contribution in [3.05, 3.63) is 29.3 Å². The molecule has 1 nitrogen and oxygen atoms in total. The zero-order chi connectivity index (χ0) is 8.55. The monoisotopic (exact) mass is 180 g/mol. The van der Waals surface area contributed by atoms with E-state index in [2.05, 4.69) is 12.1 Å². The number of aliphatic hydroxyl groups is 1. The summed E-state index contributed by atoms with van der Waals surface area (Å²) < 4.78 is 0. The first-order valence-corrected chi connectivity index (χ1v) is 5.19. The summed E-state index contributed by atoms with van der Waals surface area (Å²) in [7, 11) is 0. The van der Waals surface area contributed by atoms with Gasteiger partial charge in [-0.3, -0.25) is 0 Å². The van der Waals surface area contributed by atoms with Crippen LogP contribution in [0.2, 0.25) is 0 Å². The molecule has 1 heterocycles. The molecule has 0 amide bonds. The van der Waals surface area contributed by atoms with Gasteiger partial charge in [-0.1, -0.05) is 12.1 Å². The molecule has 0 aliphatic carbocycles. The van der Waals surface area contributed by atoms with Crippen LogP contribution in [0.1, 0.15) is 24.2 Å². The van der Waals surface area contributed by atoms with Crippen molar-refractivity contribution >= 4 is 11.8 Å². The molecule has 0 radical (unpaired) electrons. The molecular formula is C10H12OS. The van der Waals surface area contributed by atoms with E-state index in [0.29, 0.717) is 0 Å². The van der Waals surface area contributed by atoms with Gasteiger partial charge < -0.3 is 5.11 Å². The Kier molecular flexibility index (Phi) is 2.11. The molecule has 2 heteroatoms. The van der Waals surface area contributed by atoms with Crippen LogP contribution >= 0.6 is 11.8 Å². The van der Waals surface area contributed by atoms with E-state index in [4.69, 9.17) is 0 Å². The Labute approximate surface area is 76.8 Å². The minimum atomic E-state index is -0.337. The van der Waals surface area contributed by atoms with Gasteiger partial charge in [0.1, 0.15) is 0 Å². The van der Waals surface area contributed by atoms with Crippen LogP contribution in [0.3, 0.4) is 0 Å². The Morgan fingerprint density at radius 2 is 2.33 bits per heavy atom. The van der Waals surface area contributed by atoms with Crippen LogP contribution < -0.4 is 0 Å². The highest BCUT2D eigenvalue weighted by Crippen LogP contribution is 2.32. The minimum Gasteiger partial charge on any atom is -0.389 e. The first-order chi connectivity index (χ1) is 5.77. The Hall–Kier alpha value is -0.470.